The molecule has 5 heteroatoms. The van der Waals surface area contributed by atoms with Gasteiger partial charge < -0.3 is 5.32 Å². The molecule has 2 heterocycles. The Hall–Kier alpha value is -3.26. The van der Waals surface area contributed by atoms with Crippen molar-refractivity contribution in [3.63, 3.8) is 0 Å². The average Bonchev–Trinajstić information content (AvgIpc) is 2.64. The quantitative estimate of drug-likeness (QED) is 0.795. The largest absolute Gasteiger partial charge is 0.363 e. The minimum Gasteiger partial charge on any atom is -0.363 e. The molecular formula is C19H17N5. The zero-order valence-corrected chi connectivity index (χ0v) is 13.6. The SMILES string of the molecule is Cc1nnc(NCc2ccc(-c3cccnc3)cc2)c(C#N)c1C. The Balaban J connectivity index is 1.74. The normalized spacial score (nSPS) is 10.2. The van der Waals surface area contributed by atoms with Crippen molar-refractivity contribution in [2.45, 2.75) is 20.4 Å². The minimum absolute atomic E-state index is 0.525. The maximum Gasteiger partial charge on any atom is 0.167 e. The van der Waals surface area contributed by atoms with E-state index in [1.54, 1.807) is 6.20 Å². The average molecular weight is 315 g/mol. The summed E-state index contributed by atoms with van der Waals surface area (Å²) in [6.45, 7) is 4.32. The van der Waals surface area contributed by atoms with Crippen molar-refractivity contribution in [3.8, 4) is 17.2 Å². The third-order valence-electron chi connectivity index (χ3n) is 3.98. The molecule has 0 aliphatic rings. The van der Waals surface area contributed by atoms with Gasteiger partial charge in [0.2, 0.25) is 0 Å². The van der Waals surface area contributed by atoms with E-state index in [2.05, 4.69) is 50.8 Å². The van der Waals surface area contributed by atoms with Crippen molar-refractivity contribution in [1.82, 2.24) is 15.2 Å². The summed E-state index contributed by atoms with van der Waals surface area (Å²) in [5.74, 6) is 0.525. The van der Waals surface area contributed by atoms with Crippen LogP contribution in [0.15, 0.2) is 48.8 Å². The lowest BCUT2D eigenvalue weighted by molar-refractivity contribution is 0.941. The molecule has 24 heavy (non-hydrogen) atoms. The number of hydrogen-bond donors (Lipinski definition) is 1. The van der Waals surface area contributed by atoms with Gasteiger partial charge in [-0.3, -0.25) is 4.98 Å². The summed E-state index contributed by atoms with van der Waals surface area (Å²) >= 11 is 0. The van der Waals surface area contributed by atoms with Crippen molar-refractivity contribution in [2.24, 2.45) is 0 Å². The monoisotopic (exact) mass is 315 g/mol. The van der Waals surface area contributed by atoms with Crippen LogP contribution in [0.5, 0.6) is 0 Å². The van der Waals surface area contributed by atoms with Crippen molar-refractivity contribution in [3.05, 3.63) is 71.2 Å². The van der Waals surface area contributed by atoms with Crippen molar-refractivity contribution in [1.29, 1.82) is 5.26 Å². The Morgan fingerprint density at radius 1 is 1.04 bits per heavy atom. The van der Waals surface area contributed by atoms with E-state index >= 15 is 0 Å². The van der Waals surface area contributed by atoms with E-state index < -0.39 is 0 Å². The molecule has 0 bridgehead atoms. The summed E-state index contributed by atoms with van der Waals surface area (Å²) in [7, 11) is 0. The first-order valence-corrected chi connectivity index (χ1v) is 7.66. The molecule has 1 N–H and O–H groups in total. The minimum atomic E-state index is 0.525. The van der Waals surface area contributed by atoms with Crippen LogP contribution in [0.1, 0.15) is 22.4 Å². The van der Waals surface area contributed by atoms with Gasteiger partial charge in [-0.15, -0.1) is 5.10 Å². The molecule has 118 valence electrons. The number of benzene rings is 1. The van der Waals surface area contributed by atoms with E-state index in [0.717, 1.165) is 27.9 Å². The van der Waals surface area contributed by atoms with Crippen LogP contribution in [0.25, 0.3) is 11.1 Å². The molecule has 0 radical (unpaired) electrons. The molecule has 0 saturated carbocycles. The van der Waals surface area contributed by atoms with Gasteiger partial charge in [-0.1, -0.05) is 30.3 Å². The van der Waals surface area contributed by atoms with Crippen molar-refractivity contribution in [2.75, 3.05) is 5.32 Å². The summed E-state index contributed by atoms with van der Waals surface area (Å²) in [5, 5.41) is 20.7. The number of nitrogens with zero attached hydrogens (tertiary/aromatic N) is 4. The van der Waals surface area contributed by atoms with Crippen molar-refractivity contribution >= 4 is 5.82 Å². The highest BCUT2D eigenvalue weighted by atomic mass is 15.2. The van der Waals surface area contributed by atoms with E-state index in [1.807, 2.05) is 32.2 Å². The van der Waals surface area contributed by atoms with Crippen LogP contribution in [0.3, 0.4) is 0 Å². The Labute approximate surface area is 141 Å². The van der Waals surface area contributed by atoms with Crippen LogP contribution in [-0.4, -0.2) is 15.2 Å². The maximum absolute atomic E-state index is 9.32. The molecule has 0 unspecified atom stereocenters. The van der Waals surface area contributed by atoms with Gasteiger partial charge in [0.25, 0.3) is 0 Å². The van der Waals surface area contributed by atoms with Gasteiger partial charge in [0.15, 0.2) is 5.82 Å². The van der Waals surface area contributed by atoms with Crippen molar-refractivity contribution < 1.29 is 0 Å². The second kappa shape index (κ2) is 6.88. The van der Waals surface area contributed by atoms with Crippen LogP contribution in [0.4, 0.5) is 5.82 Å². The number of aromatic nitrogens is 3. The summed E-state index contributed by atoms with van der Waals surface area (Å²) in [5.41, 5.74) is 5.50. The highest BCUT2D eigenvalue weighted by molar-refractivity contribution is 5.62. The fraction of sp³-hybridized carbons (Fsp3) is 0.158. The molecule has 2 aromatic heterocycles. The van der Waals surface area contributed by atoms with Crippen LogP contribution >= 0.6 is 0 Å². The first kappa shape index (κ1) is 15.6. The van der Waals surface area contributed by atoms with E-state index in [-0.39, 0.29) is 0 Å². The first-order valence-electron chi connectivity index (χ1n) is 7.66. The van der Waals surface area contributed by atoms with Crippen LogP contribution in [-0.2, 0) is 6.54 Å². The van der Waals surface area contributed by atoms with E-state index in [4.69, 9.17) is 0 Å². The smallest absolute Gasteiger partial charge is 0.167 e. The van der Waals surface area contributed by atoms with E-state index in [9.17, 15) is 5.26 Å². The molecule has 0 aliphatic carbocycles. The number of pyridine rings is 1. The van der Waals surface area contributed by atoms with Gasteiger partial charge in [-0.2, -0.15) is 10.4 Å². The molecule has 0 atom stereocenters. The summed E-state index contributed by atoms with van der Waals surface area (Å²) in [4.78, 5) is 4.14. The summed E-state index contributed by atoms with van der Waals surface area (Å²) in [6, 6.07) is 14.4. The molecule has 0 aliphatic heterocycles. The molecule has 1 aromatic carbocycles. The summed E-state index contributed by atoms with van der Waals surface area (Å²) in [6.07, 6.45) is 3.61. The fourth-order valence-corrected chi connectivity index (χ4v) is 2.40. The van der Waals surface area contributed by atoms with Crippen LogP contribution in [0.2, 0.25) is 0 Å². The topological polar surface area (TPSA) is 74.5 Å². The van der Waals surface area contributed by atoms with E-state index in [1.165, 1.54) is 0 Å². The lowest BCUT2D eigenvalue weighted by atomic mass is 10.1. The highest BCUT2D eigenvalue weighted by Crippen LogP contribution is 2.20. The number of nitrogens with one attached hydrogen (secondary N) is 1. The van der Waals surface area contributed by atoms with Gasteiger partial charge >= 0.3 is 0 Å². The number of rotatable bonds is 4. The fourth-order valence-electron chi connectivity index (χ4n) is 2.40. The highest BCUT2D eigenvalue weighted by Gasteiger charge is 2.10. The third-order valence-corrected chi connectivity index (χ3v) is 3.98. The summed E-state index contributed by atoms with van der Waals surface area (Å²) < 4.78 is 0. The zero-order chi connectivity index (χ0) is 16.9. The van der Waals surface area contributed by atoms with Gasteiger partial charge in [0.1, 0.15) is 11.6 Å². The molecule has 0 spiro atoms. The second-order valence-electron chi connectivity index (χ2n) is 5.54. The van der Waals surface area contributed by atoms with Gasteiger partial charge in [-0.25, -0.2) is 0 Å². The molecule has 0 saturated heterocycles. The Morgan fingerprint density at radius 3 is 2.50 bits per heavy atom. The van der Waals surface area contributed by atoms with E-state index in [0.29, 0.717) is 17.9 Å². The Bertz CT molecular complexity index is 880. The first-order chi connectivity index (χ1) is 11.7. The number of anilines is 1. The molecule has 3 aromatic rings. The molecule has 5 nitrogen and oxygen atoms in total. The predicted molar refractivity (Wildman–Crippen MR) is 93.2 cm³/mol. The van der Waals surface area contributed by atoms with Gasteiger partial charge in [0.05, 0.1) is 5.69 Å². The Morgan fingerprint density at radius 2 is 1.83 bits per heavy atom. The van der Waals surface area contributed by atoms with Gasteiger partial charge in [-0.05, 0) is 42.2 Å². The number of nitriles is 1. The maximum atomic E-state index is 9.32. The lowest BCUT2D eigenvalue weighted by Crippen LogP contribution is -2.07. The lowest BCUT2D eigenvalue weighted by Gasteiger charge is -2.10. The standard InChI is InChI=1S/C19H17N5/c1-13-14(2)23-24-19(18(13)10-20)22-11-15-5-7-16(8-6-15)17-4-3-9-21-12-17/h3-9,12H,11H2,1-2H3,(H,22,24). The van der Waals surface area contributed by atoms with Crippen LogP contribution in [0, 0.1) is 25.2 Å². The number of aryl methyl sites for hydroxylation is 1. The molecule has 0 amide bonds. The molecule has 3 rings (SSSR count). The molecular weight excluding hydrogens is 298 g/mol. The zero-order valence-electron chi connectivity index (χ0n) is 13.6. The number of hydrogen-bond acceptors (Lipinski definition) is 5. The molecule has 0 fully saturated rings. The predicted octanol–water partition coefficient (Wildman–Crippen LogP) is 3.64. The Kier molecular flexibility index (Phi) is 4.48. The van der Waals surface area contributed by atoms with Gasteiger partial charge in [0, 0.05) is 18.9 Å². The van der Waals surface area contributed by atoms with Crippen LogP contribution < -0.4 is 5.32 Å². The second-order valence-corrected chi connectivity index (χ2v) is 5.54. The third kappa shape index (κ3) is 3.23.